The Morgan fingerprint density at radius 3 is 2.80 bits per heavy atom. The van der Waals surface area contributed by atoms with Crippen molar-refractivity contribution >= 4 is 6.29 Å². The number of hydrogen-bond acceptors (Lipinski definition) is 3. The van der Waals surface area contributed by atoms with Crippen LogP contribution in [0.5, 0.6) is 5.75 Å². The van der Waals surface area contributed by atoms with Gasteiger partial charge in [-0.05, 0) is 25.7 Å². The lowest BCUT2D eigenvalue weighted by Crippen LogP contribution is -2.23. The van der Waals surface area contributed by atoms with E-state index in [1.54, 1.807) is 6.07 Å². The van der Waals surface area contributed by atoms with Gasteiger partial charge in [0.15, 0.2) is 6.29 Å². The molecule has 3 heteroatoms. The molecule has 0 unspecified atom stereocenters. The highest BCUT2D eigenvalue weighted by Crippen LogP contribution is 2.15. The van der Waals surface area contributed by atoms with E-state index in [4.69, 9.17) is 4.74 Å². The van der Waals surface area contributed by atoms with Crippen LogP contribution < -0.4 is 4.74 Å². The van der Waals surface area contributed by atoms with Crippen molar-refractivity contribution in [2.75, 3.05) is 26.7 Å². The molecule has 0 fully saturated rings. The van der Waals surface area contributed by atoms with Crippen LogP contribution in [0.1, 0.15) is 17.3 Å². The van der Waals surface area contributed by atoms with Crippen molar-refractivity contribution in [1.82, 2.24) is 4.90 Å². The fourth-order valence-electron chi connectivity index (χ4n) is 1.18. The van der Waals surface area contributed by atoms with Crippen molar-refractivity contribution in [1.29, 1.82) is 0 Å². The van der Waals surface area contributed by atoms with E-state index in [1.165, 1.54) is 0 Å². The molecule has 0 saturated heterocycles. The quantitative estimate of drug-likeness (QED) is 0.666. The van der Waals surface area contributed by atoms with E-state index in [1.807, 2.05) is 25.2 Å². The first kappa shape index (κ1) is 11.7. The molecule has 0 heterocycles. The number of ether oxygens (including phenoxy) is 1. The third-order valence-corrected chi connectivity index (χ3v) is 2.32. The Bertz CT molecular complexity index is 312. The van der Waals surface area contributed by atoms with Gasteiger partial charge in [0.25, 0.3) is 0 Å². The van der Waals surface area contributed by atoms with Crippen molar-refractivity contribution in [3.8, 4) is 5.75 Å². The Morgan fingerprint density at radius 1 is 1.40 bits per heavy atom. The van der Waals surface area contributed by atoms with Crippen molar-refractivity contribution in [2.24, 2.45) is 0 Å². The number of rotatable bonds is 6. The molecule has 15 heavy (non-hydrogen) atoms. The molecule has 0 aliphatic carbocycles. The van der Waals surface area contributed by atoms with Crippen molar-refractivity contribution < 1.29 is 9.53 Å². The smallest absolute Gasteiger partial charge is 0.153 e. The normalized spacial score (nSPS) is 10.3. The van der Waals surface area contributed by atoms with E-state index in [2.05, 4.69) is 11.8 Å². The molecule has 0 N–H and O–H groups in total. The van der Waals surface area contributed by atoms with Gasteiger partial charge >= 0.3 is 0 Å². The second-order valence-electron chi connectivity index (χ2n) is 3.40. The third-order valence-electron chi connectivity index (χ3n) is 2.32. The monoisotopic (exact) mass is 207 g/mol. The minimum atomic E-state index is 0.606. The van der Waals surface area contributed by atoms with E-state index < -0.39 is 0 Å². The average Bonchev–Trinajstić information content (AvgIpc) is 2.29. The number of benzene rings is 1. The lowest BCUT2D eigenvalue weighted by Gasteiger charge is -2.14. The first-order valence-electron chi connectivity index (χ1n) is 5.13. The molecule has 0 bridgehead atoms. The van der Waals surface area contributed by atoms with Crippen molar-refractivity contribution in [3.63, 3.8) is 0 Å². The number of nitrogens with zero attached hydrogens (tertiary/aromatic N) is 1. The number of carbonyl (C=O) groups excluding carboxylic acids is 1. The van der Waals surface area contributed by atoms with Gasteiger partial charge in [-0.3, -0.25) is 4.79 Å². The van der Waals surface area contributed by atoms with Crippen LogP contribution in [0.3, 0.4) is 0 Å². The maximum atomic E-state index is 10.7. The van der Waals surface area contributed by atoms with Gasteiger partial charge in [0.1, 0.15) is 12.4 Å². The summed E-state index contributed by atoms with van der Waals surface area (Å²) < 4.78 is 5.53. The fraction of sp³-hybridized carbons (Fsp3) is 0.417. The van der Waals surface area contributed by atoms with E-state index >= 15 is 0 Å². The molecule has 0 atom stereocenters. The second-order valence-corrected chi connectivity index (χ2v) is 3.40. The first-order valence-corrected chi connectivity index (χ1v) is 5.13. The highest BCUT2D eigenvalue weighted by molar-refractivity contribution is 5.79. The second kappa shape index (κ2) is 6.19. The Kier molecular flexibility index (Phi) is 4.84. The van der Waals surface area contributed by atoms with Gasteiger partial charge in [-0.2, -0.15) is 0 Å². The number of aldehydes is 1. The Hall–Kier alpha value is -1.35. The van der Waals surface area contributed by atoms with E-state index in [9.17, 15) is 4.79 Å². The van der Waals surface area contributed by atoms with Crippen molar-refractivity contribution in [3.05, 3.63) is 29.8 Å². The SMILES string of the molecule is CCN(C)CCOc1ccccc1C=O. The lowest BCUT2D eigenvalue weighted by molar-refractivity contribution is 0.111. The summed E-state index contributed by atoms with van der Waals surface area (Å²) >= 11 is 0. The van der Waals surface area contributed by atoms with Gasteiger partial charge in [0, 0.05) is 6.54 Å². The highest BCUT2D eigenvalue weighted by atomic mass is 16.5. The molecule has 0 radical (unpaired) electrons. The lowest BCUT2D eigenvalue weighted by atomic mass is 10.2. The molecular weight excluding hydrogens is 190 g/mol. The molecule has 0 aromatic heterocycles. The zero-order valence-corrected chi connectivity index (χ0v) is 9.27. The molecular formula is C12H17NO2. The zero-order valence-electron chi connectivity index (χ0n) is 9.27. The fourth-order valence-corrected chi connectivity index (χ4v) is 1.18. The van der Waals surface area contributed by atoms with Gasteiger partial charge in [0.2, 0.25) is 0 Å². The Balaban J connectivity index is 2.46. The summed E-state index contributed by atoms with van der Waals surface area (Å²) in [5, 5.41) is 0. The van der Waals surface area contributed by atoms with Gasteiger partial charge in [-0.15, -0.1) is 0 Å². The van der Waals surface area contributed by atoms with Crippen LogP contribution in [0.25, 0.3) is 0 Å². The summed E-state index contributed by atoms with van der Waals surface area (Å²) in [7, 11) is 2.04. The summed E-state index contributed by atoms with van der Waals surface area (Å²) in [5.41, 5.74) is 0.608. The molecule has 0 saturated carbocycles. The molecule has 1 aromatic carbocycles. The molecule has 82 valence electrons. The van der Waals surface area contributed by atoms with Crippen molar-refractivity contribution in [2.45, 2.75) is 6.92 Å². The van der Waals surface area contributed by atoms with E-state index in [0.29, 0.717) is 17.9 Å². The molecule has 0 amide bonds. The van der Waals surface area contributed by atoms with Crippen LogP contribution in [0.2, 0.25) is 0 Å². The minimum absolute atomic E-state index is 0.606. The first-order chi connectivity index (χ1) is 7.27. The summed E-state index contributed by atoms with van der Waals surface area (Å²) in [6, 6.07) is 7.27. The predicted molar refractivity (Wildman–Crippen MR) is 60.5 cm³/mol. The summed E-state index contributed by atoms with van der Waals surface area (Å²) in [5.74, 6) is 0.664. The number of likely N-dealkylation sites (N-methyl/N-ethyl adjacent to an activating group) is 1. The van der Waals surface area contributed by atoms with E-state index in [0.717, 1.165) is 19.4 Å². The summed E-state index contributed by atoms with van der Waals surface area (Å²) in [6.45, 7) is 4.57. The highest BCUT2D eigenvalue weighted by Gasteiger charge is 2.01. The van der Waals surface area contributed by atoms with Gasteiger partial charge < -0.3 is 9.64 Å². The molecule has 3 nitrogen and oxygen atoms in total. The molecule has 0 aliphatic heterocycles. The molecule has 1 aromatic rings. The van der Waals surface area contributed by atoms with Gasteiger partial charge in [0.05, 0.1) is 5.56 Å². The molecule has 0 spiro atoms. The minimum Gasteiger partial charge on any atom is -0.492 e. The average molecular weight is 207 g/mol. The van der Waals surface area contributed by atoms with Crippen LogP contribution in [0.4, 0.5) is 0 Å². The Morgan fingerprint density at radius 2 is 2.13 bits per heavy atom. The molecule has 1 rings (SSSR count). The third kappa shape index (κ3) is 3.72. The Labute approximate surface area is 90.7 Å². The van der Waals surface area contributed by atoms with Gasteiger partial charge in [-0.25, -0.2) is 0 Å². The standard InChI is InChI=1S/C12H17NO2/c1-3-13(2)8-9-15-12-7-5-4-6-11(12)10-14/h4-7,10H,3,8-9H2,1-2H3. The summed E-state index contributed by atoms with van der Waals surface area (Å²) in [4.78, 5) is 12.8. The topological polar surface area (TPSA) is 29.5 Å². The number of hydrogen-bond donors (Lipinski definition) is 0. The number of para-hydroxylation sites is 1. The summed E-state index contributed by atoms with van der Waals surface area (Å²) in [6.07, 6.45) is 0.818. The largest absolute Gasteiger partial charge is 0.492 e. The van der Waals surface area contributed by atoms with Gasteiger partial charge in [-0.1, -0.05) is 19.1 Å². The predicted octanol–water partition coefficient (Wildman–Crippen LogP) is 1.83. The van der Waals surface area contributed by atoms with Crippen LogP contribution >= 0.6 is 0 Å². The maximum Gasteiger partial charge on any atom is 0.153 e. The van der Waals surface area contributed by atoms with E-state index in [-0.39, 0.29) is 0 Å². The molecule has 0 aliphatic rings. The van der Waals surface area contributed by atoms with Crippen LogP contribution in [-0.4, -0.2) is 37.9 Å². The zero-order chi connectivity index (χ0) is 11.1. The maximum absolute atomic E-state index is 10.7. The van der Waals surface area contributed by atoms with Crippen LogP contribution in [0, 0.1) is 0 Å². The number of carbonyl (C=O) groups is 1. The van der Waals surface area contributed by atoms with Crippen LogP contribution in [0.15, 0.2) is 24.3 Å². The van der Waals surface area contributed by atoms with Crippen LogP contribution in [-0.2, 0) is 0 Å².